The van der Waals surface area contributed by atoms with Gasteiger partial charge in [0.05, 0.1) is 22.0 Å². The van der Waals surface area contributed by atoms with Crippen LogP contribution in [0.2, 0.25) is 5.02 Å². The molecule has 2 aromatic heterocycles. The van der Waals surface area contributed by atoms with Crippen molar-refractivity contribution in [2.24, 2.45) is 0 Å². The Kier molecular flexibility index (Phi) is 4.86. The summed E-state index contributed by atoms with van der Waals surface area (Å²) in [7, 11) is 0. The van der Waals surface area contributed by atoms with Gasteiger partial charge in [0.2, 0.25) is 5.76 Å². The number of hydrogen-bond donors (Lipinski definition) is 0. The Morgan fingerprint density at radius 1 is 1.03 bits per heavy atom. The number of hydrogen-bond acceptors (Lipinski definition) is 4. The molecule has 4 aromatic rings. The Labute approximate surface area is 190 Å². The summed E-state index contributed by atoms with van der Waals surface area (Å²) in [4.78, 5) is 33.1. The van der Waals surface area contributed by atoms with Crippen LogP contribution in [0.4, 0.5) is 5.82 Å². The molecule has 3 heterocycles. The first kappa shape index (κ1) is 20.5. The van der Waals surface area contributed by atoms with Gasteiger partial charge in [-0.05, 0) is 66.8 Å². The number of nitrogens with zero attached hydrogens (tertiary/aromatic N) is 2. The van der Waals surface area contributed by atoms with Crippen LogP contribution < -0.4 is 10.3 Å². The molecule has 1 atom stereocenters. The number of benzene rings is 2. The standard InChI is InChI=1S/C26H21ClN2O3/c1-4-16-5-7-17(8-6-16)23-22-24(30)19-11-14(2)15(3)12-20(19)32-25(22)26(31)29(23)21-10-9-18(27)13-28-21/h5-13,23H,4H2,1-3H3. The van der Waals surface area contributed by atoms with Gasteiger partial charge in [-0.1, -0.05) is 42.8 Å². The van der Waals surface area contributed by atoms with Gasteiger partial charge in [0.25, 0.3) is 5.91 Å². The molecular weight excluding hydrogens is 424 g/mol. The van der Waals surface area contributed by atoms with Crippen molar-refractivity contribution in [1.29, 1.82) is 0 Å². The number of aromatic nitrogens is 1. The number of fused-ring (bicyclic) bond motifs is 2. The smallest absolute Gasteiger partial charge is 0.296 e. The molecule has 0 aliphatic carbocycles. The normalized spacial score (nSPS) is 15.4. The zero-order valence-corrected chi connectivity index (χ0v) is 18.7. The summed E-state index contributed by atoms with van der Waals surface area (Å²) in [5.74, 6) is 0.0786. The molecule has 0 saturated heterocycles. The van der Waals surface area contributed by atoms with Gasteiger partial charge in [0, 0.05) is 6.20 Å². The average Bonchev–Trinajstić information content (AvgIpc) is 3.08. The Bertz CT molecular complexity index is 1420. The molecule has 0 N–H and O–H groups in total. The van der Waals surface area contributed by atoms with Gasteiger partial charge in [-0.25, -0.2) is 4.98 Å². The third-order valence-corrected chi connectivity index (χ3v) is 6.37. The number of amides is 1. The van der Waals surface area contributed by atoms with Crippen LogP contribution >= 0.6 is 11.6 Å². The van der Waals surface area contributed by atoms with Crippen LogP contribution in [0, 0.1) is 13.8 Å². The molecular formula is C26H21ClN2O3. The lowest BCUT2D eigenvalue weighted by Crippen LogP contribution is -2.30. The highest BCUT2D eigenvalue weighted by molar-refractivity contribution is 6.30. The predicted octanol–water partition coefficient (Wildman–Crippen LogP) is 5.77. The largest absolute Gasteiger partial charge is 0.450 e. The first-order valence-corrected chi connectivity index (χ1v) is 10.9. The molecule has 1 aliphatic heterocycles. The second-order valence-corrected chi connectivity index (χ2v) is 8.55. The summed E-state index contributed by atoms with van der Waals surface area (Å²) in [5, 5.41) is 0.938. The van der Waals surface area contributed by atoms with E-state index in [1.54, 1.807) is 12.1 Å². The van der Waals surface area contributed by atoms with Gasteiger partial charge < -0.3 is 4.42 Å². The second-order valence-electron chi connectivity index (χ2n) is 8.11. The third kappa shape index (κ3) is 3.12. The number of pyridine rings is 1. The fourth-order valence-corrected chi connectivity index (χ4v) is 4.34. The van der Waals surface area contributed by atoms with Crippen LogP contribution in [-0.2, 0) is 6.42 Å². The summed E-state index contributed by atoms with van der Waals surface area (Å²) in [5.41, 5.74) is 4.54. The molecule has 5 rings (SSSR count). The summed E-state index contributed by atoms with van der Waals surface area (Å²) in [6, 6.07) is 14.3. The maximum atomic E-state index is 13.7. The van der Waals surface area contributed by atoms with Crippen molar-refractivity contribution < 1.29 is 9.21 Å². The highest BCUT2D eigenvalue weighted by atomic mass is 35.5. The van der Waals surface area contributed by atoms with Crippen LogP contribution in [0.3, 0.4) is 0 Å². The van der Waals surface area contributed by atoms with Gasteiger partial charge in [0.15, 0.2) is 5.43 Å². The minimum absolute atomic E-state index is 0.0621. The molecule has 0 saturated carbocycles. The molecule has 0 fully saturated rings. The Hall–Kier alpha value is -3.44. The Balaban J connectivity index is 1.80. The maximum absolute atomic E-state index is 13.7. The van der Waals surface area contributed by atoms with Gasteiger partial charge >= 0.3 is 0 Å². The second kappa shape index (κ2) is 7.61. The molecule has 5 nitrogen and oxygen atoms in total. The first-order chi connectivity index (χ1) is 15.4. The SMILES string of the molecule is CCc1ccc(C2c3c(oc4cc(C)c(C)cc4c3=O)C(=O)N2c2ccc(Cl)cn2)cc1. The first-order valence-electron chi connectivity index (χ1n) is 10.5. The van der Waals surface area contributed by atoms with E-state index in [2.05, 4.69) is 11.9 Å². The van der Waals surface area contributed by atoms with E-state index in [4.69, 9.17) is 16.0 Å². The van der Waals surface area contributed by atoms with Crippen LogP contribution in [0.1, 0.15) is 51.3 Å². The van der Waals surface area contributed by atoms with Crippen LogP contribution in [0.5, 0.6) is 0 Å². The zero-order valence-electron chi connectivity index (χ0n) is 18.0. The van der Waals surface area contributed by atoms with E-state index in [1.807, 2.05) is 50.2 Å². The van der Waals surface area contributed by atoms with Crippen molar-refractivity contribution >= 4 is 34.3 Å². The average molecular weight is 445 g/mol. The number of carbonyl (C=O) groups excluding carboxylic acids is 1. The monoisotopic (exact) mass is 444 g/mol. The Morgan fingerprint density at radius 2 is 1.75 bits per heavy atom. The van der Waals surface area contributed by atoms with E-state index in [9.17, 15) is 9.59 Å². The molecule has 1 amide bonds. The van der Waals surface area contributed by atoms with Crippen molar-refractivity contribution in [3.05, 3.63) is 104 Å². The van der Waals surface area contributed by atoms with Gasteiger partial charge in [-0.2, -0.15) is 0 Å². The van der Waals surface area contributed by atoms with Crippen LogP contribution in [-0.4, -0.2) is 10.9 Å². The topological polar surface area (TPSA) is 63.4 Å². The van der Waals surface area contributed by atoms with E-state index in [0.29, 0.717) is 27.4 Å². The highest BCUT2D eigenvalue weighted by Crippen LogP contribution is 2.41. The van der Waals surface area contributed by atoms with Crippen molar-refractivity contribution in [2.75, 3.05) is 4.90 Å². The van der Waals surface area contributed by atoms with E-state index in [1.165, 1.54) is 16.7 Å². The van der Waals surface area contributed by atoms with E-state index >= 15 is 0 Å². The quantitative estimate of drug-likeness (QED) is 0.402. The van der Waals surface area contributed by atoms with Crippen molar-refractivity contribution in [3.63, 3.8) is 0 Å². The molecule has 6 heteroatoms. The lowest BCUT2D eigenvalue weighted by atomic mass is 9.96. The van der Waals surface area contributed by atoms with Gasteiger partial charge in [0.1, 0.15) is 11.4 Å². The van der Waals surface area contributed by atoms with Crippen molar-refractivity contribution in [3.8, 4) is 0 Å². The minimum atomic E-state index is -0.639. The van der Waals surface area contributed by atoms with Crippen molar-refractivity contribution in [1.82, 2.24) is 4.98 Å². The molecule has 2 aromatic carbocycles. The number of rotatable bonds is 3. The van der Waals surface area contributed by atoms with Gasteiger partial charge in [-0.15, -0.1) is 0 Å². The number of anilines is 1. The molecule has 0 bridgehead atoms. The van der Waals surface area contributed by atoms with E-state index in [0.717, 1.165) is 23.1 Å². The summed E-state index contributed by atoms with van der Waals surface area (Å²) in [6.45, 7) is 5.99. The molecule has 1 unspecified atom stereocenters. The minimum Gasteiger partial charge on any atom is -0.450 e. The van der Waals surface area contributed by atoms with Crippen molar-refractivity contribution in [2.45, 2.75) is 33.2 Å². The fraction of sp³-hybridized carbons (Fsp3) is 0.192. The lowest BCUT2D eigenvalue weighted by molar-refractivity contribution is 0.0970. The predicted molar refractivity (Wildman–Crippen MR) is 126 cm³/mol. The fourth-order valence-electron chi connectivity index (χ4n) is 4.23. The molecule has 0 radical (unpaired) electrons. The number of halogens is 1. The van der Waals surface area contributed by atoms with Crippen LogP contribution in [0.25, 0.3) is 11.0 Å². The Morgan fingerprint density at radius 3 is 2.41 bits per heavy atom. The molecule has 1 aliphatic rings. The van der Waals surface area contributed by atoms with Gasteiger partial charge in [-0.3, -0.25) is 14.5 Å². The maximum Gasteiger partial charge on any atom is 0.296 e. The number of aryl methyl sites for hydroxylation is 3. The lowest BCUT2D eigenvalue weighted by Gasteiger charge is -2.24. The third-order valence-electron chi connectivity index (χ3n) is 6.15. The zero-order chi connectivity index (χ0) is 22.6. The molecule has 160 valence electrons. The molecule has 32 heavy (non-hydrogen) atoms. The van der Waals surface area contributed by atoms with Crippen LogP contribution in [0.15, 0.2) is 63.9 Å². The molecule has 0 spiro atoms. The summed E-state index contributed by atoms with van der Waals surface area (Å²) in [6.07, 6.45) is 2.39. The summed E-state index contributed by atoms with van der Waals surface area (Å²) >= 11 is 6.02. The summed E-state index contributed by atoms with van der Waals surface area (Å²) < 4.78 is 6.06. The van der Waals surface area contributed by atoms with E-state index in [-0.39, 0.29) is 11.2 Å². The van der Waals surface area contributed by atoms with E-state index < -0.39 is 11.9 Å². The highest BCUT2D eigenvalue weighted by Gasteiger charge is 2.44. The number of carbonyl (C=O) groups is 1.